The van der Waals surface area contributed by atoms with E-state index in [0.29, 0.717) is 5.56 Å². The van der Waals surface area contributed by atoms with Crippen LogP contribution >= 0.6 is 0 Å². The lowest BCUT2D eigenvalue weighted by atomic mass is 9.81. The van der Waals surface area contributed by atoms with Crippen LogP contribution < -0.4 is 15.8 Å². The summed E-state index contributed by atoms with van der Waals surface area (Å²) in [5.74, 6) is -3.78. The summed E-state index contributed by atoms with van der Waals surface area (Å²) in [6.45, 7) is 7.22. The van der Waals surface area contributed by atoms with E-state index in [9.17, 15) is 19.1 Å². The van der Waals surface area contributed by atoms with Crippen LogP contribution in [0.3, 0.4) is 0 Å². The molecule has 0 saturated heterocycles. The number of hydrogen-bond acceptors (Lipinski definition) is 7. The number of rotatable bonds is 4. The van der Waals surface area contributed by atoms with Gasteiger partial charge in [-0.2, -0.15) is 0 Å². The van der Waals surface area contributed by atoms with Crippen LogP contribution in [0.5, 0.6) is 5.75 Å². The quantitative estimate of drug-likeness (QED) is 0.323. The molecule has 1 aromatic heterocycles. The fourth-order valence-electron chi connectivity index (χ4n) is 5.72. The second kappa shape index (κ2) is 8.25. The number of aromatic nitrogens is 1. The van der Waals surface area contributed by atoms with Crippen molar-refractivity contribution in [2.75, 3.05) is 5.73 Å². The summed E-state index contributed by atoms with van der Waals surface area (Å²) < 4.78 is 26.4. The molecule has 2 heterocycles. The average molecular weight is 528 g/mol. The van der Waals surface area contributed by atoms with Crippen molar-refractivity contribution in [3.63, 3.8) is 0 Å². The first-order valence-electron chi connectivity index (χ1n) is 12.5. The van der Waals surface area contributed by atoms with Crippen LogP contribution in [-0.4, -0.2) is 22.0 Å². The van der Waals surface area contributed by atoms with E-state index in [2.05, 4.69) is 10.5 Å². The Labute approximate surface area is 223 Å². The molecular formula is C30H26FN3O5. The smallest absolute Gasteiger partial charge is 0.271 e. The Balaban J connectivity index is 1.56. The Morgan fingerprint density at radius 1 is 1.08 bits per heavy atom. The molecule has 198 valence electrons. The zero-order valence-corrected chi connectivity index (χ0v) is 21.8. The van der Waals surface area contributed by atoms with Crippen molar-refractivity contribution in [3.8, 4) is 17.0 Å². The highest BCUT2D eigenvalue weighted by Gasteiger charge is 2.72. The number of amides is 1. The molecule has 2 atom stereocenters. The molecule has 1 aliphatic carbocycles. The van der Waals surface area contributed by atoms with E-state index < -0.39 is 28.8 Å². The maximum Gasteiger partial charge on any atom is 0.271 e. The first-order chi connectivity index (χ1) is 18.5. The number of halogens is 1. The monoisotopic (exact) mass is 527 g/mol. The molecule has 4 N–H and O–H groups in total. The number of Topliss-reactive ketones (excluding diaryl/α,β-unsaturated/α-hetero) is 1. The van der Waals surface area contributed by atoms with E-state index in [1.165, 1.54) is 13.0 Å². The fraction of sp³-hybridized carbons (Fsp3) is 0.233. The van der Waals surface area contributed by atoms with E-state index in [-0.39, 0.29) is 56.6 Å². The van der Waals surface area contributed by atoms with Gasteiger partial charge in [-0.15, -0.1) is 0 Å². The van der Waals surface area contributed by atoms with Gasteiger partial charge in [0.05, 0.1) is 5.56 Å². The minimum Gasteiger partial charge on any atom is -0.454 e. The summed E-state index contributed by atoms with van der Waals surface area (Å²) in [5, 5.41) is 18.9. The lowest BCUT2D eigenvalue weighted by Gasteiger charge is -2.34. The number of nitrogens with zero attached hydrogens (tertiary/aromatic N) is 1. The molecule has 2 aliphatic rings. The summed E-state index contributed by atoms with van der Waals surface area (Å²) in [7, 11) is 0. The number of benzene rings is 3. The highest BCUT2D eigenvalue weighted by molar-refractivity contribution is 6.16. The van der Waals surface area contributed by atoms with Crippen LogP contribution in [-0.2, 0) is 11.3 Å². The largest absolute Gasteiger partial charge is 0.454 e. The maximum atomic E-state index is 14.9. The van der Waals surface area contributed by atoms with E-state index >= 15 is 0 Å². The number of ether oxygens (including phenoxy) is 1. The van der Waals surface area contributed by atoms with Crippen molar-refractivity contribution in [1.82, 2.24) is 10.5 Å². The van der Waals surface area contributed by atoms with Gasteiger partial charge >= 0.3 is 0 Å². The molecule has 0 bridgehead atoms. The van der Waals surface area contributed by atoms with Crippen LogP contribution in [0.2, 0.25) is 0 Å². The molecule has 6 rings (SSSR count). The van der Waals surface area contributed by atoms with Crippen molar-refractivity contribution in [3.05, 3.63) is 99.6 Å². The van der Waals surface area contributed by atoms with Crippen LogP contribution in [0.4, 0.5) is 10.1 Å². The fourth-order valence-corrected chi connectivity index (χ4v) is 5.72. The number of anilines is 1. The van der Waals surface area contributed by atoms with E-state index in [1.54, 1.807) is 49.4 Å². The van der Waals surface area contributed by atoms with Crippen molar-refractivity contribution in [1.29, 1.82) is 0 Å². The summed E-state index contributed by atoms with van der Waals surface area (Å²) in [4.78, 5) is 28.3. The topological polar surface area (TPSA) is 128 Å². The molecule has 0 spiro atoms. The Morgan fingerprint density at radius 3 is 2.54 bits per heavy atom. The Kier molecular flexibility index (Phi) is 5.25. The third kappa shape index (κ3) is 3.16. The minimum absolute atomic E-state index is 0.0164. The van der Waals surface area contributed by atoms with Crippen LogP contribution in [0, 0.1) is 19.7 Å². The first kappa shape index (κ1) is 24.8. The number of nitrogens with two attached hydrogens (primary N) is 1. The van der Waals surface area contributed by atoms with Gasteiger partial charge in [-0.25, -0.2) is 4.39 Å². The Hall–Kier alpha value is -4.50. The highest BCUT2D eigenvalue weighted by Crippen LogP contribution is 2.59. The number of nitrogens with one attached hydrogen (secondary N) is 1. The zero-order chi connectivity index (χ0) is 27.9. The van der Waals surface area contributed by atoms with Gasteiger partial charge in [0.1, 0.15) is 28.6 Å². The van der Waals surface area contributed by atoms with Crippen molar-refractivity contribution < 1.29 is 28.3 Å². The molecular weight excluding hydrogens is 501 g/mol. The molecule has 1 aliphatic heterocycles. The van der Waals surface area contributed by atoms with Gasteiger partial charge in [-0.1, -0.05) is 55.4 Å². The molecule has 8 nitrogen and oxygen atoms in total. The minimum atomic E-state index is -2.29. The number of hydrogen-bond donors (Lipinski definition) is 3. The maximum absolute atomic E-state index is 14.9. The third-order valence-corrected chi connectivity index (χ3v) is 7.72. The standard InChI is InChI=1S/C30H26FN3O5/c1-14(2)17-11-12-18-22(13-17)38-30(37)19-8-6-10-21(32)25(19)27(35)29(18,30)33-28(36)24-16(4)39-34-26(24)23-15(3)7-5-9-20(23)31/h5-14,37H,32H2,1-4H3,(H,33,36). The third-order valence-electron chi connectivity index (χ3n) is 7.72. The van der Waals surface area contributed by atoms with Crippen molar-refractivity contribution in [2.24, 2.45) is 0 Å². The van der Waals surface area contributed by atoms with Crippen LogP contribution in [0.15, 0.2) is 59.1 Å². The van der Waals surface area contributed by atoms with Gasteiger partial charge in [0.15, 0.2) is 0 Å². The SMILES string of the molecule is Cc1cccc(F)c1-c1noc(C)c1C(=O)NC12C(=O)c3c(N)cccc3C1(O)Oc1cc(C(C)C)ccc12. The summed E-state index contributed by atoms with van der Waals surface area (Å²) in [6, 6.07) is 14.4. The number of carbonyl (C=O) groups excluding carboxylic acids is 2. The number of ketones is 1. The lowest BCUT2D eigenvalue weighted by Crippen LogP contribution is -2.60. The predicted molar refractivity (Wildman–Crippen MR) is 141 cm³/mol. The second-order valence-electron chi connectivity index (χ2n) is 10.4. The van der Waals surface area contributed by atoms with E-state index in [1.807, 2.05) is 19.9 Å². The molecule has 0 saturated carbocycles. The highest BCUT2D eigenvalue weighted by atomic mass is 19.1. The first-order valence-corrected chi connectivity index (χ1v) is 12.5. The van der Waals surface area contributed by atoms with Crippen molar-refractivity contribution >= 4 is 17.4 Å². The van der Waals surface area contributed by atoms with Crippen LogP contribution in [0.1, 0.15) is 68.5 Å². The van der Waals surface area contributed by atoms with E-state index in [0.717, 1.165) is 5.56 Å². The molecule has 1 amide bonds. The van der Waals surface area contributed by atoms with E-state index in [4.69, 9.17) is 15.0 Å². The van der Waals surface area contributed by atoms with Gasteiger partial charge in [-0.05, 0) is 49.1 Å². The van der Waals surface area contributed by atoms with Gasteiger partial charge < -0.3 is 25.4 Å². The average Bonchev–Trinajstić information content (AvgIpc) is 3.44. The number of carbonyl (C=O) groups is 2. The Morgan fingerprint density at radius 2 is 1.82 bits per heavy atom. The molecule has 39 heavy (non-hydrogen) atoms. The molecule has 3 aromatic carbocycles. The van der Waals surface area contributed by atoms with Gasteiger partial charge in [0.2, 0.25) is 11.3 Å². The summed E-state index contributed by atoms with van der Waals surface area (Å²) in [6.07, 6.45) is 0. The molecule has 4 aromatic rings. The van der Waals surface area contributed by atoms with Crippen LogP contribution in [0.25, 0.3) is 11.3 Å². The van der Waals surface area contributed by atoms with Gasteiger partial charge in [-0.3, -0.25) is 9.59 Å². The number of aryl methyl sites for hydroxylation is 2. The molecule has 0 radical (unpaired) electrons. The molecule has 9 heteroatoms. The molecule has 2 unspecified atom stereocenters. The Bertz CT molecular complexity index is 1690. The number of nitrogen functional groups attached to an aromatic ring is 1. The number of fused-ring (bicyclic) bond motifs is 5. The lowest BCUT2D eigenvalue weighted by molar-refractivity contribution is -0.169. The second-order valence-corrected chi connectivity index (χ2v) is 10.4. The zero-order valence-electron chi connectivity index (χ0n) is 21.8. The summed E-state index contributed by atoms with van der Waals surface area (Å²) in [5.41, 5.74) is 6.21. The molecule has 0 fully saturated rings. The normalized spacial score (nSPS) is 20.9. The number of aliphatic hydroxyl groups is 1. The predicted octanol–water partition coefficient (Wildman–Crippen LogP) is 4.86. The van der Waals surface area contributed by atoms with Crippen molar-refractivity contribution in [2.45, 2.75) is 44.9 Å². The van der Waals surface area contributed by atoms with Gasteiger partial charge in [0, 0.05) is 22.4 Å². The van der Waals surface area contributed by atoms with Gasteiger partial charge in [0.25, 0.3) is 11.7 Å². The summed E-state index contributed by atoms with van der Waals surface area (Å²) >= 11 is 0.